The molecule has 20 heavy (non-hydrogen) atoms. The molecule has 6 heteroatoms. The second kappa shape index (κ2) is 4.65. The zero-order chi connectivity index (χ0) is 14.1. The highest BCUT2D eigenvalue weighted by molar-refractivity contribution is 6.05. The van der Waals surface area contributed by atoms with E-state index in [1.54, 1.807) is 0 Å². The number of carbonyl (C=O) groups is 2. The fourth-order valence-corrected chi connectivity index (χ4v) is 1.92. The van der Waals surface area contributed by atoms with Crippen molar-refractivity contribution in [3.63, 3.8) is 0 Å². The van der Waals surface area contributed by atoms with E-state index in [9.17, 15) is 9.59 Å². The zero-order valence-electron chi connectivity index (χ0n) is 10.7. The molecule has 0 bridgehead atoms. The van der Waals surface area contributed by atoms with Crippen molar-refractivity contribution in [3.05, 3.63) is 47.8 Å². The van der Waals surface area contributed by atoms with E-state index in [1.807, 2.05) is 24.3 Å². The molecule has 0 saturated heterocycles. The number of ketones is 1. The van der Waals surface area contributed by atoms with Crippen LogP contribution in [0.2, 0.25) is 0 Å². The lowest BCUT2D eigenvalue weighted by atomic mass is 10.2. The van der Waals surface area contributed by atoms with Crippen LogP contribution in [0.25, 0.3) is 11.0 Å². The molecule has 0 unspecified atom stereocenters. The molecule has 0 aliphatic rings. The van der Waals surface area contributed by atoms with Gasteiger partial charge in [-0.25, -0.2) is 4.98 Å². The molecule has 0 aliphatic carbocycles. The number of hydrogen-bond donors (Lipinski definition) is 3. The molecule has 2 aromatic heterocycles. The number of H-pyrrole nitrogens is 2. The van der Waals surface area contributed by atoms with Gasteiger partial charge in [0.15, 0.2) is 5.78 Å². The number of fused-ring (bicyclic) bond motifs is 1. The number of para-hydroxylation sites is 2. The van der Waals surface area contributed by atoms with Crippen LogP contribution in [0.5, 0.6) is 0 Å². The minimum atomic E-state index is -0.350. The minimum Gasteiger partial charge on any atom is -0.356 e. The Bertz CT molecular complexity index is 767. The Labute approximate surface area is 114 Å². The Kier molecular flexibility index (Phi) is 2.83. The number of anilines is 1. The largest absolute Gasteiger partial charge is 0.356 e. The molecular weight excluding hydrogens is 256 g/mol. The van der Waals surface area contributed by atoms with Crippen molar-refractivity contribution in [3.8, 4) is 0 Å². The van der Waals surface area contributed by atoms with E-state index in [2.05, 4.69) is 20.3 Å². The molecule has 3 rings (SSSR count). The average Bonchev–Trinajstić information content (AvgIpc) is 3.04. The van der Waals surface area contributed by atoms with Gasteiger partial charge in [-0.2, -0.15) is 0 Å². The Morgan fingerprint density at radius 1 is 1.25 bits per heavy atom. The number of aromatic amines is 2. The third-order valence-electron chi connectivity index (χ3n) is 2.96. The number of benzene rings is 1. The molecule has 0 saturated carbocycles. The Morgan fingerprint density at radius 3 is 2.75 bits per heavy atom. The number of aromatic nitrogens is 3. The van der Waals surface area contributed by atoms with E-state index >= 15 is 0 Å². The van der Waals surface area contributed by atoms with Crippen LogP contribution in [0.3, 0.4) is 0 Å². The van der Waals surface area contributed by atoms with Gasteiger partial charge in [-0.1, -0.05) is 12.1 Å². The molecule has 2 heterocycles. The van der Waals surface area contributed by atoms with Crippen molar-refractivity contribution in [1.82, 2.24) is 15.0 Å². The van der Waals surface area contributed by atoms with Crippen molar-refractivity contribution in [2.24, 2.45) is 0 Å². The molecule has 3 N–H and O–H groups in total. The molecule has 1 amide bonds. The van der Waals surface area contributed by atoms with Crippen molar-refractivity contribution >= 4 is 28.7 Å². The van der Waals surface area contributed by atoms with E-state index in [4.69, 9.17) is 0 Å². The van der Waals surface area contributed by atoms with Gasteiger partial charge in [-0.15, -0.1) is 0 Å². The predicted octanol–water partition coefficient (Wildman–Crippen LogP) is 2.35. The molecule has 3 aromatic rings. The predicted molar refractivity (Wildman–Crippen MR) is 74.8 cm³/mol. The zero-order valence-corrected chi connectivity index (χ0v) is 10.7. The first kappa shape index (κ1) is 12.2. The SMILES string of the molecule is CC(=O)c1c[nH]c(C(=O)Nc2nc3ccccc3[nH]2)c1. The first-order valence-corrected chi connectivity index (χ1v) is 6.09. The van der Waals surface area contributed by atoms with E-state index < -0.39 is 0 Å². The lowest BCUT2D eigenvalue weighted by molar-refractivity contribution is 0.101. The number of imidazole rings is 1. The summed E-state index contributed by atoms with van der Waals surface area (Å²) in [6, 6.07) is 9.00. The van der Waals surface area contributed by atoms with Crippen LogP contribution >= 0.6 is 0 Å². The quantitative estimate of drug-likeness (QED) is 0.637. The summed E-state index contributed by atoms with van der Waals surface area (Å²) in [5.41, 5.74) is 2.41. The lowest BCUT2D eigenvalue weighted by Crippen LogP contribution is -2.13. The van der Waals surface area contributed by atoms with Gasteiger partial charge in [0, 0.05) is 11.8 Å². The first-order valence-electron chi connectivity index (χ1n) is 6.09. The minimum absolute atomic E-state index is 0.0935. The summed E-state index contributed by atoms with van der Waals surface area (Å²) in [6.07, 6.45) is 1.51. The van der Waals surface area contributed by atoms with Crippen LogP contribution in [0, 0.1) is 0 Å². The van der Waals surface area contributed by atoms with Crippen LogP contribution in [-0.2, 0) is 0 Å². The molecule has 100 valence electrons. The smallest absolute Gasteiger partial charge is 0.274 e. The molecular formula is C14H12N4O2. The number of Topliss-reactive ketones (excluding diaryl/α,β-unsaturated/α-hetero) is 1. The maximum Gasteiger partial charge on any atom is 0.274 e. The Morgan fingerprint density at radius 2 is 2.05 bits per heavy atom. The van der Waals surface area contributed by atoms with Crippen molar-refractivity contribution in [2.45, 2.75) is 6.92 Å². The van der Waals surface area contributed by atoms with Gasteiger partial charge in [0.25, 0.3) is 5.91 Å². The summed E-state index contributed by atoms with van der Waals surface area (Å²) in [7, 11) is 0. The van der Waals surface area contributed by atoms with Gasteiger partial charge in [0.05, 0.1) is 11.0 Å². The number of carbonyl (C=O) groups excluding carboxylic acids is 2. The fraction of sp³-hybridized carbons (Fsp3) is 0.0714. The highest BCUT2D eigenvalue weighted by atomic mass is 16.2. The monoisotopic (exact) mass is 268 g/mol. The Hall–Kier alpha value is -2.89. The fourth-order valence-electron chi connectivity index (χ4n) is 1.92. The van der Waals surface area contributed by atoms with Gasteiger partial charge in [-0.05, 0) is 25.1 Å². The molecule has 0 radical (unpaired) electrons. The van der Waals surface area contributed by atoms with Gasteiger partial charge < -0.3 is 9.97 Å². The highest BCUT2D eigenvalue weighted by Crippen LogP contribution is 2.14. The summed E-state index contributed by atoms with van der Waals surface area (Å²) in [6.45, 7) is 1.45. The topological polar surface area (TPSA) is 90.6 Å². The first-order chi connectivity index (χ1) is 9.63. The molecule has 1 aromatic carbocycles. The van der Waals surface area contributed by atoms with E-state index in [-0.39, 0.29) is 11.7 Å². The van der Waals surface area contributed by atoms with Gasteiger partial charge >= 0.3 is 0 Å². The van der Waals surface area contributed by atoms with Crippen molar-refractivity contribution in [1.29, 1.82) is 0 Å². The second-order valence-corrected chi connectivity index (χ2v) is 4.41. The van der Waals surface area contributed by atoms with Crippen LogP contribution < -0.4 is 5.32 Å². The lowest BCUT2D eigenvalue weighted by Gasteiger charge is -1.98. The normalized spacial score (nSPS) is 10.7. The number of amides is 1. The van der Waals surface area contributed by atoms with Crippen LogP contribution in [0.1, 0.15) is 27.8 Å². The van der Waals surface area contributed by atoms with Crippen LogP contribution in [-0.4, -0.2) is 26.6 Å². The summed E-state index contributed by atoms with van der Waals surface area (Å²) in [5.74, 6) is -0.0734. The van der Waals surface area contributed by atoms with E-state index in [1.165, 1.54) is 19.2 Å². The molecule has 6 nitrogen and oxygen atoms in total. The third kappa shape index (κ3) is 2.18. The van der Waals surface area contributed by atoms with Crippen molar-refractivity contribution in [2.75, 3.05) is 5.32 Å². The van der Waals surface area contributed by atoms with E-state index in [0.717, 1.165) is 11.0 Å². The third-order valence-corrected chi connectivity index (χ3v) is 2.96. The van der Waals surface area contributed by atoms with Gasteiger partial charge in [-0.3, -0.25) is 14.9 Å². The van der Waals surface area contributed by atoms with E-state index in [0.29, 0.717) is 17.2 Å². The van der Waals surface area contributed by atoms with Crippen molar-refractivity contribution < 1.29 is 9.59 Å². The second-order valence-electron chi connectivity index (χ2n) is 4.41. The standard InChI is InChI=1S/C14H12N4O2/c1-8(19)9-6-12(15-7-9)13(20)18-14-16-10-4-2-3-5-11(10)17-14/h2-7,15H,1H3,(H2,16,17,18,20). The summed E-state index contributed by atoms with van der Waals surface area (Å²) in [4.78, 5) is 33.2. The summed E-state index contributed by atoms with van der Waals surface area (Å²) < 4.78 is 0. The number of nitrogens with zero attached hydrogens (tertiary/aromatic N) is 1. The summed E-state index contributed by atoms with van der Waals surface area (Å²) in [5, 5.41) is 2.65. The number of rotatable bonds is 3. The summed E-state index contributed by atoms with van der Waals surface area (Å²) >= 11 is 0. The maximum atomic E-state index is 12.0. The number of hydrogen-bond acceptors (Lipinski definition) is 3. The highest BCUT2D eigenvalue weighted by Gasteiger charge is 2.12. The average molecular weight is 268 g/mol. The molecule has 0 aliphatic heterocycles. The Balaban J connectivity index is 1.82. The van der Waals surface area contributed by atoms with Crippen LogP contribution in [0.4, 0.5) is 5.95 Å². The van der Waals surface area contributed by atoms with Gasteiger partial charge in [0.2, 0.25) is 5.95 Å². The molecule has 0 fully saturated rings. The van der Waals surface area contributed by atoms with Crippen LogP contribution in [0.15, 0.2) is 36.5 Å². The number of nitrogens with one attached hydrogen (secondary N) is 3. The molecule has 0 atom stereocenters. The van der Waals surface area contributed by atoms with Gasteiger partial charge in [0.1, 0.15) is 5.69 Å². The molecule has 0 spiro atoms. The maximum absolute atomic E-state index is 12.0.